The third-order valence-corrected chi connectivity index (χ3v) is 3.21. The van der Waals surface area contributed by atoms with Crippen molar-refractivity contribution in [3.8, 4) is 0 Å². The van der Waals surface area contributed by atoms with Crippen LogP contribution in [0.3, 0.4) is 0 Å². The number of aromatic nitrogens is 1. The van der Waals surface area contributed by atoms with Crippen molar-refractivity contribution in [1.29, 1.82) is 0 Å². The Labute approximate surface area is 107 Å². The maximum Gasteiger partial charge on any atom is 0.310 e. The first-order valence-corrected chi connectivity index (χ1v) is 5.73. The number of halogens is 4. The number of hydrogen-bond acceptors (Lipinski definition) is 3. The van der Waals surface area contributed by atoms with Gasteiger partial charge in [0, 0.05) is 10.7 Å². The highest BCUT2D eigenvalue weighted by Crippen LogP contribution is 2.33. The van der Waals surface area contributed by atoms with Gasteiger partial charge in [0.15, 0.2) is 0 Å². The van der Waals surface area contributed by atoms with Gasteiger partial charge in [-0.05, 0) is 37.4 Å². The van der Waals surface area contributed by atoms with Crippen LogP contribution >= 0.6 is 31.9 Å². The first-order valence-electron chi connectivity index (χ1n) is 4.15. The Hall–Kier alpha value is -0.560. The molecule has 88 valence electrons. The summed E-state index contributed by atoms with van der Waals surface area (Å²) >= 11 is 6.01. The maximum absolute atomic E-state index is 12.8. The van der Waals surface area contributed by atoms with Crippen LogP contribution in [0.15, 0.2) is 15.3 Å². The van der Waals surface area contributed by atoms with Gasteiger partial charge in [-0.1, -0.05) is 0 Å². The van der Waals surface area contributed by atoms with Gasteiger partial charge in [0.25, 0.3) is 6.43 Å². The fourth-order valence-electron chi connectivity index (χ4n) is 1.13. The van der Waals surface area contributed by atoms with Crippen molar-refractivity contribution in [2.45, 2.75) is 12.8 Å². The number of nitrogens with zero attached hydrogens (tertiary/aromatic N) is 1. The van der Waals surface area contributed by atoms with Gasteiger partial charge in [0.1, 0.15) is 4.60 Å². The van der Waals surface area contributed by atoms with Crippen LogP contribution in [0.4, 0.5) is 8.78 Å². The van der Waals surface area contributed by atoms with Gasteiger partial charge in [0.05, 0.1) is 19.1 Å². The summed E-state index contributed by atoms with van der Waals surface area (Å²) in [4.78, 5) is 14.8. The Balaban J connectivity index is 3.23. The van der Waals surface area contributed by atoms with E-state index < -0.39 is 12.4 Å². The number of esters is 1. The van der Waals surface area contributed by atoms with Crippen LogP contribution in [0.1, 0.15) is 17.6 Å². The average Bonchev–Trinajstić information content (AvgIpc) is 2.22. The van der Waals surface area contributed by atoms with Crippen LogP contribution in [0, 0.1) is 0 Å². The van der Waals surface area contributed by atoms with Crippen LogP contribution in [-0.4, -0.2) is 18.1 Å². The second kappa shape index (κ2) is 5.67. The zero-order valence-electron chi connectivity index (χ0n) is 8.14. The first-order chi connectivity index (χ1) is 7.47. The summed E-state index contributed by atoms with van der Waals surface area (Å²) in [6.07, 6.45) is -1.58. The largest absolute Gasteiger partial charge is 0.469 e. The molecule has 1 aromatic rings. The van der Waals surface area contributed by atoms with Gasteiger partial charge in [-0.25, -0.2) is 13.8 Å². The quantitative estimate of drug-likeness (QED) is 0.615. The topological polar surface area (TPSA) is 39.2 Å². The van der Waals surface area contributed by atoms with E-state index >= 15 is 0 Å². The van der Waals surface area contributed by atoms with Crippen LogP contribution in [-0.2, 0) is 16.0 Å². The van der Waals surface area contributed by atoms with E-state index in [1.165, 1.54) is 13.3 Å². The van der Waals surface area contributed by atoms with Gasteiger partial charge in [-0.2, -0.15) is 0 Å². The molecule has 0 N–H and O–H groups in total. The third-order valence-electron chi connectivity index (χ3n) is 1.89. The molecule has 0 spiro atoms. The van der Waals surface area contributed by atoms with Gasteiger partial charge in [-0.15, -0.1) is 0 Å². The molecule has 7 heteroatoms. The van der Waals surface area contributed by atoms with E-state index in [0.29, 0.717) is 4.47 Å². The van der Waals surface area contributed by atoms with Gasteiger partial charge >= 0.3 is 5.97 Å². The van der Waals surface area contributed by atoms with Crippen molar-refractivity contribution in [3.63, 3.8) is 0 Å². The smallest absolute Gasteiger partial charge is 0.310 e. The SMILES string of the molecule is COC(=O)Cc1c(Br)cnc(Br)c1C(F)F. The minimum Gasteiger partial charge on any atom is -0.469 e. The van der Waals surface area contributed by atoms with Crippen molar-refractivity contribution >= 4 is 37.8 Å². The molecular weight excluding hydrogens is 352 g/mol. The molecule has 16 heavy (non-hydrogen) atoms. The fourth-order valence-corrected chi connectivity index (χ4v) is 2.10. The van der Waals surface area contributed by atoms with Crippen LogP contribution in [0.5, 0.6) is 0 Å². The molecule has 0 amide bonds. The van der Waals surface area contributed by atoms with Gasteiger partial charge < -0.3 is 4.74 Å². The van der Waals surface area contributed by atoms with Crippen molar-refractivity contribution in [2.24, 2.45) is 0 Å². The maximum atomic E-state index is 12.8. The van der Waals surface area contributed by atoms with E-state index in [-0.39, 0.29) is 22.2 Å². The number of rotatable bonds is 3. The Morgan fingerprint density at radius 3 is 2.69 bits per heavy atom. The van der Waals surface area contributed by atoms with E-state index in [1.807, 2.05) is 0 Å². The molecule has 0 aliphatic heterocycles. The summed E-state index contributed by atoms with van der Waals surface area (Å²) in [5.41, 5.74) is -0.108. The molecule has 0 aliphatic carbocycles. The van der Waals surface area contributed by atoms with E-state index in [2.05, 4.69) is 41.6 Å². The van der Waals surface area contributed by atoms with Gasteiger partial charge in [0.2, 0.25) is 0 Å². The Morgan fingerprint density at radius 2 is 2.19 bits per heavy atom. The third kappa shape index (κ3) is 2.98. The molecular formula is C9H7Br2F2NO2. The molecule has 0 aromatic carbocycles. The van der Waals surface area contributed by atoms with E-state index in [0.717, 1.165) is 0 Å². The Morgan fingerprint density at radius 1 is 1.56 bits per heavy atom. The molecule has 1 heterocycles. The fraction of sp³-hybridized carbons (Fsp3) is 0.333. The minimum absolute atomic E-state index is 0.0320. The number of pyridine rings is 1. The summed E-state index contributed by atoms with van der Waals surface area (Å²) in [7, 11) is 1.20. The molecule has 0 atom stereocenters. The lowest BCUT2D eigenvalue weighted by Gasteiger charge is -2.11. The lowest BCUT2D eigenvalue weighted by atomic mass is 10.1. The molecule has 0 aliphatic rings. The molecule has 0 saturated carbocycles. The molecule has 1 rings (SSSR count). The monoisotopic (exact) mass is 357 g/mol. The van der Waals surface area contributed by atoms with Crippen LogP contribution < -0.4 is 0 Å². The number of carbonyl (C=O) groups is 1. The summed E-state index contributed by atoms with van der Waals surface area (Å²) in [6, 6.07) is 0. The zero-order valence-corrected chi connectivity index (χ0v) is 11.3. The highest BCUT2D eigenvalue weighted by molar-refractivity contribution is 9.11. The molecule has 1 aromatic heterocycles. The lowest BCUT2D eigenvalue weighted by molar-refractivity contribution is -0.139. The normalized spacial score (nSPS) is 10.6. The van der Waals surface area contributed by atoms with Gasteiger partial charge in [-0.3, -0.25) is 4.79 Å². The second-order valence-corrected chi connectivity index (χ2v) is 4.45. The molecule has 0 unspecified atom stereocenters. The predicted molar refractivity (Wildman–Crippen MR) is 60.3 cm³/mol. The molecule has 0 fully saturated rings. The Bertz CT molecular complexity index is 413. The van der Waals surface area contributed by atoms with Crippen molar-refractivity contribution < 1.29 is 18.3 Å². The highest BCUT2D eigenvalue weighted by atomic mass is 79.9. The van der Waals surface area contributed by atoms with E-state index in [9.17, 15) is 13.6 Å². The number of hydrogen-bond donors (Lipinski definition) is 0. The number of alkyl halides is 2. The van der Waals surface area contributed by atoms with Crippen molar-refractivity contribution in [3.05, 3.63) is 26.4 Å². The molecule has 0 radical (unpaired) electrons. The summed E-state index contributed by atoms with van der Waals surface area (Å²) < 4.78 is 30.4. The average molecular weight is 359 g/mol. The van der Waals surface area contributed by atoms with E-state index in [4.69, 9.17) is 0 Å². The van der Waals surface area contributed by atoms with Crippen LogP contribution in [0.2, 0.25) is 0 Å². The summed E-state index contributed by atoms with van der Waals surface area (Å²) in [5.74, 6) is -0.583. The standard InChI is InChI=1S/C9H7Br2F2NO2/c1-16-6(15)2-4-5(10)3-14-8(11)7(4)9(12)13/h3,9H,2H2,1H3. The first kappa shape index (κ1) is 13.5. The van der Waals surface area contributed by atoms with Crippen molar-refractivity contribution in [2.75, 3.05) is 7.11 Å². The summed E-state index contributed by atoms with van der Waals surface area (Å²) in [5, 5.41) is 0. The number of carbonyl (C=O) groups excluding carboxylic acids is 1. The predicted octanol–water partition coefficient (Wildman–Crippen LogP) is 3.26. The molecule has 0 saturated heterocycles. The number of ether oxygens (including phenoxy) is 1. The minimum atomic E-state index is -2.71. The summed E-state index contributed by atoms with van der Waals surface area (Å²) in [6.45, 7) is 0. The van der Waals surface area contributed by atoms with Crippen LogP contribution in [0.25, 0.3) is 0 Å². The highest BCUT2D eigenvalue weighted by Gasteiger charge is 2.22. The number of methoxy groups -OCH3 is 1. The van der Waals surface area contributed by atoms with E-state index in [1.54, 1.807) is 0 Å². The molecule has 0 bridgehead atoms. The lowest BCUT2D eigenvalue weighted by Crippen LogP contribution is -2.09. The van der Waals surface area contributed by atoms with Crippen molar-refractivity contribution in [1.82, 2.24) is 4.98 Å². The second-order valence-electron chi connectivity index (χ2n) is 2.84. The zero-order chi connectivity index (χ0) is 12.3. The molecule has 3 nitrogen and oxygen atoms in total. The Kier molecular flexibility index (Phi) is 4.79.